The average molecular weight is 440 g/mol. The Morgan fingerprint density at radius 3 is 2.48 bits per heavy atom. The van der Waals surface area contributed by atoms with Crippen molar-refractivity contribution in [1.29, 1.82) is 0 Å². The molecule has 1 aliphatic heterocycles. The van der Waals surface area contributed by atoms with Gasteiger partial charge in [-0.15, -0.1) is 11.3 Å². The number of benzene rings is 1. The number of aromatic nitrogens is 2. The van der Waals surface area contributed by atoms with E-state index in [1.54, 1.807) is 6.92 Å². The summed E-state index contributed by atoms with van der Waals surface area (Å²) in [5.74, 6) is 0.0798. The molecule has 1 N–H and O–H groups in total. The van der Waals surface area contributed by atoms with E-state index >= 15 is 0 Å². The Hall–Kier alpha value is -2.71. The summed E-state index contributed by atoms with van der Waals surface area (Å²) >= 11 is 1.47. The lowest BCUT2D eigenvalue weighted by molar-refractivity contribution is -0.130. The van der Waals surface area contributed by atoms with Crippen molar-refractivity contribution in [3.8, 4) is 11.3 Å². The Morgan fingerprint density at radius 2 is 1.84 bits per heavy atom. The number of fused-ring (bicyclic) bond motifs is 1. The van der Waals surface area contributed by atoms with Gasteiger partial charge in [0, 0.05) is 63.7 Å². The fourth-order valence-electron chi connectivity index (χ4n) is 4.05. The fourth-order valence-corrected chi connectivity index (χ4v) is 5.03. The molecule has 164 valence electrons. The molecule has 1 unspecified atom stereocenters. The van der Waals surface area contributed by atoms with E-state index in [0.29, 0.717) is 4.88 Å². The molecule has 2 amide bonds. The monoisotopic (exact) mass is 439 g/mol. The van der Waals surface area contributed by atoms with Crippen LogP contribution < -0.4 is 5.32 Å². The highest BCUT2D eigenvalue weighted by Crippen LogP contribution is 2.33. The van der Waals surface area contributed by atoms with Crippen LogP contribution in [0.2, 0.25) is 0 Å². The number of nitrogens with zero attached hydrogens (tertiary/aromatic N) is 4. The number of rotatable bonds is 5. The molecule has 31 heavy (non-hydrogen) atoms. The first-order valence-corrected chi connectivity index (χ1v) is 11.5. The largest absolute Gasteiger partial charge is 0.348 e. The molecule has 3 aromatic rings. The summed E-state index contributed by atoms with van der Waals surface area (Å²) in [5, 5.41) is 8.81. The molecule has 0 aliphatic carbocycles. The molecule has 4 rings (SSSR count). The van der Waals surface area contributed by atoms with Gasteiger partial charge in [-0.25, -0.2) is 0 Å². The Bertz CT molecular complexity index is 1090. The maximum atomic E-state index is 12.9. The van der Waals surface area contributed by atoms with Crippen LogP contribution in [-0.2, 0) is 11.8 Å². The third kappa shape index (κ3) is 4.65. The van der Waals surface area contributed by atoms with Gasteiger partial charge < -0.3 is 10.2 Å². The third-order valence-electron chi connectivity index (χ3n) is 5.79. The second-order valence-electron chi connectivity index (χ2n) is 8.35. The molecule has 0 bridgehead atoms. The number of amides is 2. The summed E-state index contributed by atoms with van der Waals surface area (Å²) in [4.78, 5) is 30.3. The minimum Gasteiger partial charge on any atom is -0.348 e. The van der Waals surface area contributed by atoms with Crippen molar-refractivity contribution in [2.45, 2.75) is 26.8 Å². The van der Waals surface area contributed by atoms with Gasteiger partial charge in [-0.05, 0) is 19.9 Å². The number of thiophene rings is 1. The molecule has 0 radical (unpaired) electrons. The zero-order valence-electron chi connectivity index (χ0n) is 18.5. The highest BCUT2D eigenvalue weighted by Gasteiger charge is 2.22. The number of carbonyl (C=O) groups is 2. The number of hydrogen-bond acceptors (Lipinski definition) is 5. The van der Waals surface area contributed by atoms with Crippen molar-refractivity contribution in [2.24, 2.45) is 7.05 Å². The molecule has 1 aromatic carbocycles. The van der Waals surface area contributed by atoms with Gasteiger partial charge in [0.05, 0.1) is 4.88 Å². The molecule has 1 aliphatic rings. The van der Waals surface area contributed by atoms with Crippen molar-refractivity contribution in [1.82, 2.24) is 24.9 Å². The predicted octanol–water partition coefficient (Wildman–Crippen LogP) is 2.89. The minimum atomic E-state index is -0.0501. The van der Waals surface area contributed by atoms with Crippen molar-refractivity contribution < 1.29 is 9.59 Å². The van der Waals surface area contributed by atoms with Gasteiger partial charge in [0.25, 0.3) is 5.91 Å². The lowest BCUT2D eigenvalue weighted by Gasteiger charge is -2.35. The normalized spacial score (nSPS) is 15.9. The smallest absolute Gasteiger partial charge is 0.261 e. The number of carbonyl (C=O) groups excluding carboxylic acids is 2. The van der Waals surface area contributed by atoms with Crippen LogP contribution in [0, 0.1) is 6.92 Å². The first kappa shape index (κ1) is 21.5. The molecule has 8 heteroatoms. The van der Waals surface area contributed by atoms with E-state index in [4.69, 9.17) is 0 Å². The number of hydrogen-bond donors (Lipinski definition) is 1. The zero-order chi connectivity index (χ0) is 22.1. The average Bonchev–Trinajstić information content (AvgIpc) is 3.30. The lowest BCUT2D eigenvalue weighted by Crippen LogP contribution is -2.51. The van der Waals surface area contributed by atoms with Crippen LogP contribution in [0.4, 0.5) is 0 Å². The van der Waals surface area contributed by atoms with Crippen LogP contribution in [0.3, 0.4) is 0 Å². The molecule has 3 heterocycles. The lowest BCUT2D eigenvalue weighted by atomic mass is 10.1. The molecular formula is C23H29N5O2S. The number of aryl methyl sites for hydroxylation is 2. The van der Waals surface area contributed by atoms with E-state index in [-0.39, 0.29) is 17.9 Å². The van der Waals surface area contributed by atoms with Crippen LogP contribution in [0.5, 0.6) is 0 Å². The molecule has 0 saturated carbocycles. The van der Waals surface area contributed by atoms with Crippen LogP contribution in [0.1, 0.15) is 29.1 Å². The van der Waals surface area contributed by atoms with E-state index in [9.17, 15) is 9.59 Å². The summed E-state index contributed by atoms with van der Waals surface area (Å²) in [6.07, 6.45) is 0. The van der Waals surface area contributed by atoms with E-state index in [0.717, 1.165) is 54.2 Å². The van der Waals surface area contributed by atoms with E-state index in [1.807, 2.05) is 29.6 Å². The van der Waals surface area contributed by atoms with Gasteiger partial charge in [-0.1, -0.05) is 29.8 Å². The molecule has 1 atom stereocenters. The predicted molar refractivity (Wildman–Crippen MR) is 124 cm³/mol. The third-order valence-corrected chi connectivity index (χ3v) is 6.99. The topological polar surface area (TPSA) is 70.5 Å². The Morgan fingerprint density at radius 1 is 1.16 bits per heavy atom. The van der Waals surface area contributed by atoms with Gasteiger partial charge in [-0.2, -0.15) is 5.10 Å². The van der Waals surface area contributed by atoms with Crippen molar-refractivity contribution in [2.75, 3.05) is 32.7 Å². The SMILES string of the molecule is CC(=O)N1CCN(CC(C)NC(=O)c2cc3c(-c4ccc(C)cc4)nn(C)c3s2)CC1. The fraction of sp³-hybridized carbons (Fsp3) is 0.435. The highest BCUT2D eigenvalue weighted by molar-refractivity contribution is 7.20. The summed E-state index contributed by atoms with van der Waals surface area (Å²) < 4.78 is 1.85. The Labute approximate surface area is 186 Å². The van der Waals surface area contributed by atoms with Crippen LogP contribution in [0.25, 0.3) is 21.5 Å². The second kappa shape index (κ2) is 8.80. The van der Waals surface area contributed by atoms with Crippen LogP contribution in [0.15, 0.2) is 30.3 Å². The minimum absolute atomic E-state index is 0.0243. The first-order chi connectivity index (χ1) is 14.8. The van der Waals surface area contributed by atoms with E-state index < -0.39 is 0 Å². The summed E-state index contributed by atoms with van der Waals surface area (Å²) in [7, 11) is 1.92. The Kier molecular flexibility index (Phi) is 6.11. The Balaban J connectivity index is 1.43. The summed E-state index contributed by atoms with van der Waals surface area (Å²) in [6.45, 7) is 9.67. The van der Waals surface area contributed by atoms with Crippen LogP contribution in [-0.4, -0.2) is 70.2 Å². The molecule has 0 spiro atoms. The molecule has 1 fully saturated rings. The van der Waals surface area contributed by atoms with Gasteiger partial charge in [0.2, 0.25) is 5.91 Å². The van der Waals surface area contributed by atoms with Crippen molar-refractivity contribution >= 4 is 33.4 Å². The zero-order valence-corrected chi connectivity index (χ0v) is 19.3. The molecular weight excluding hydrogens is 410 g/mol. The number of piperazine rings is 1. The quantitative estimate of drug-likeness (QED) is 0.664. The number of nitrogens with one attached hydrogen (secondary N) is 1. The van der Waals surface area contributed by atoms with E-state index in [1.165, 1.54) is 16.9 Å². The van der Waals surface area contributed by atoms with Crippen molar-refractivity contribution in [3.05, 3.63) is 40.8 Å². The van der Waals surface area contributed by atoms with Crippen LogP contribution >= 0.6 is 11.3 Å². The first-order valence-electron chi connectivity index (χ1n) is 10.6. The summed E-state index contributed by atoms with van der Waals surface area (Å²) in [5.41, 5.74) is 3.17. The van der Waals surface area contributed by atoms with Gasteiger partial charge in [-0.3, -0.25) is 19.2 Å². The van der Waals surface area contributed by atoms with Crippen molar-refractivity contribution in [3.63, 3.8) is 0 Å². The molecule has 2 aromatic heterocycles. The maximum absolute atomic E-state index is 12.9. The maximum Gasteiger partial charge on any atom is 0.261 e. The highest BCUT2D eigenvalue weighted by atomic mass is 32.1. The van der Waals surface area contributed by atoms with E-state index in [2.05, 4.69) is 46.5 Å². The van der Waals surface area contributed by atoms with Gasteiger partial charge in [0.1, 0.15) is 10.5 Å². The molecule has 1 saturated heterocycles. The molecule has 7 nitrogen and oxygen atoms in total. The standard InChI is InChI=1S/C23H29N5O2S/c1-15-5-7-18(8-6-15)21-19-13-20(31-23(19)26(4)25-21)22(30)24-16(2)14-27-9-11-28(12-10-27)17(3)29/h5-8,13,16H,9-12,14H2,1-4H3,(H,24,30). The van der Waals surface area contributed by atoms with Gasteiger partial charge >= 0.3 is 0 Å². The second-order valence-corrected chi connectivity index (χ2v) is 9.38. The van der Waals surface area contributed by atoms with Gasteiger partial charge in [0.15, 0.2) is 0 Å². The summed E-state index contributed by atoms with van der Waals surface area (Å²) in [6, 6.07) is 10.3.